The van der Waals surface area contributed by atoms with Gasteiger partial charge in [-0.15, -0.1) is 0 Å². The number of hydrogen-bond acceptors (Lipinski definition) is 5. The number of para-hydroxylation sites is 2. The fraction of sp³-hybridized carbons (Fsp3) is 0.429. The van der Waals surface area contributed by atoms with Crippen LogP contribution in [0.5, 0.6) is 0 Å². The van der Waals surface area contributed by atoms with E-state index in [1.165, 1.54) is 0 Å². The van der Waals surface area contributed by atoms with Gasteiger partial charge in [0, 0.05) is 6.61 Å². The van der Waals surface area contributed by atoms with Crippen molar-refractivity contribution in [3.63, 3.8) is 0 Å². The van der Waals surface area contributed by atoms with Crippen LogP contribution < -0.4 is 10.2 Å². The van der Waals surface area contributed by atoms with Crippen molar-refractivity contribution in [2.24, 2.45) is 0 Å². The molecular formula is C14H18N2O4. The van der Waals surface area contributed by atoms with Gasteiger partial charge in [0.25, 0.3) is 0 Å². The molecule has 0 spiro atoms. The number of rotatable bonds is 6. The lowest BCUT2D eigenvalue weighted by Gasteiger charge is -2.29. The second-order valence-electron chi connectivity index (χ2n) is 4.34. The van der Waals surface area contributed by atoms with E-state index in [0.717, 1.165) is 5.69 Å². The van der Waals surface area contributed by atoms with Crippen LogP contribution in [-0.2, 0) is 19.1 Å². The van der Waals surface area contributed by atoms with Crippen molar-refractivity contribution >= 4 is 23.3 Å². The van der Waals surface area contributed by atoms with Crippen LogP contribution >= 0.6 is 0 Å². The normalized spacial score (nSPS) is 13.7. The highest BCUT2D eigenvalue weighted by Crippen LogP contribution is 2.28. The van der Waals surface area contributed by atoms with Gasteiger partial charge >= 0.3 is 5.97 Å². The first-order valence-electron chi connectivity index (χ1n) is 6.58. The van der Waals surface area contributed by atoms with Crippen LogP contribution in [0.1, 0.15) is 6.92 Å². The quantitative estimate of drug-likeness (QED) is 0.621. The highest BCUT2D eigenvalue weighted by Gasteiger charge is 2.23. The smallest absolute Gasteiger partial charge is 0.325 e. The lowest BCUT2D eigenvalue weighted by atomic mass is 10.2. The van der Waals surface area contributed by atoms with E-state index in [0.29, 0.717) is 18.9 Å². The first-order valence-corrected chi connectivity index (χ1v) is 6.58. The average molecular weight is 278 g/mol. The molecule has 0 fully saturated rings. The van der Waals surface area contributed by atoms with Crippen molar-refractivity contribution in [2.75, 3.05) is 43.1 Å². The summed E-state index contributed by atoms with van der Waals surface area (Å²) in [6, 6.07) is 7.37. The summed E-state index contributed by atoms with van der Waals surface area (Å²) in [6.07, 6.45) is 0. The highest BCUT2D eigenvalue weighted by atomic mass is 16.6. The second-order valence-corrected chi connectivity index (χ2v) is 4.34. The summed E-state index contributed by atoms with van der Waals surface area (Å²) in [4.78, 5) is 25.0. The van der Waals surface area contributed by atoms with Gasteiger partial charge in [-0.05, 0) is 19.1 Å². The Bertz CT molecular complexity index is 490. The molecule has 2 rings (SSSR count). The molecule has 0 aromatic heterocycles. The first kappa shape index (κ1) is 14.3. The molecule has 108 valence electrons. The Kier molecular flexibility index (Phi) is 4.95. The standard InChI is InChI=1S/C14H18N2O4/c1-2-19-7-8-20-14(18)10-16-9-13(17)15-11-5-3-4-6-12(11)16/h3-6H,2,7-10H2,1H3,(H,15,17). The molecule has 1 aromatic rings. The summed E-state index contributed by atoms with van der Waals surface area (Å²) in [7, 11) is 0. The molecule has 6 heteroatoms. The minimum atomic E-state index is -0.366. The van der Waals surface area contributed by atoms with E-state index in [1.54, 1.807) is 11.0 Å². The molecule has 0 saturated carbocycles. The lowest BCUT2D eigenvalue weighted by Crippen LogP contribution is -2.41. The molecule has 1 heterocycles. The third-order valence-corrected chi connectivity index (χ3v) is 2.87. The van der Waals surface area contributed by atoms with Crippen molar-refractivity contribution in [1.82, 2.24) is 0 Å². The van der Waals surface area contributed by atoms with E-state index in [1.807, 2.05) is 25.1 Å². The number of carbonyl (C=O) groups excluding carboxylic acids is 2. The summed E-state index contributed by atoms with van der Waals surface area (Å²) in [5, 5.41) is 2.77. The Hall–Kier alpha value is -2.08. The van der Waals surface area contributed by atoms with E-state index in [-0.39, 0.29) is 31.6 Å². The molecule has 1 aliphatic rings. The van der Waals surface area contributed by atoms with Crippen LogP contribution in [0.2, 0.25) is 0 Å². The lowest BCUT2D eigenvalue weighted by molar-refractivity contribution is -0.143. The van der Waals surface area contributed by atoms with Crippen LogP contribution in [0.15, 0.2) is 24.3 Å². The number of nitrogens with one attached hydrogen (secondary N) is 1. The molecule has 1 aromatic carbocycles. The molecule has 1 amide bonds. The zero-order valence-electron chi connectivity index (χ0n) is 11.4. The highest BCUT2D eigenvalue weighted by molar-refractivity contribution is 6.02. The minimum absolute atomic E-state index is 0.0521. The molecule has 0 atom stereocenters. The summed E-state index contributed by atoms with van der Waals surface area (Å²) in [6.45, 7) is 3.30. The topological polar surface area (TPSA) is 67.9 Å². The Morgan fingerprint density at radius 3 is 2.95 bits per heavy atom. The number of nitrogens with zero attached hydrogens (tertiary/aromatic N) is 1. The number of anilines is 2. The Morgan fingerprint density at radius 1 is 1.35 bits per heavy atom. The SMILES string of the molecule is CCOCCOC(=O)CN1CC(=O)Nc2ccccc21. The average Bonchev–Trinajstić information content (AvgIpc) is 2.43. The van der Waals surface area contributed by atoms with Gasteiger partial charge in [-0.1, -0.05) is 12.1 Å². The number of esters is 1. The largest absolute Gasteiger partial charge is 0.462 e. The molecule has 0 bridgehead atoms. The first-order chi connectivity index (χ1) is 9.70. The zero-order chi connectivity index (χ0) is 14.4. The van der Waals surface area contributed by atoms with Crippen LogP contribution in [-0.4, -0.2) is 44.8 Å². The van der Waals surface area contributed by atoms with Crippen LogP contribution in [0.25, 0.3) is 0 Å². The van der Waals surface area contributed by atoms with E-state index in [9.17, 15) is 9.59 Å². The number of fused-ring (bicyclic) bond motifs is 1. The fourth-order valence-electron chi connectivity index (χ4n) is 2.00. The molecular weight excluding hydrogens is 260 g/mol. The predicted octanol–water partition coefficient (Wildman–Crippen LogP) is 1.02. The number of amides is 1. The monoisotopic (exact) mass is 278 g/mol. The van der Waals surface area contributed by atoms with E-state index in [2.05, 4.69) is 5.32 Å². The molecule has 0 aliphatic carbocycles. The maximum Gasteiger partial charge on any atom is 0.325 e. The van der Waals surface area contributed by atoms with Gasteiger partial charge in [0.2, 0.25) is 5.91 Å². The Morgan fingerprint density at radius 2 is 2.15 bits per heavy atom. The number of carbonyl (C=O) groups is 2. The van der Waals surface area contributed by atoms with Gasteiger partial charge in [0.05, 0.1) is 24.5 Å². The molecule has 20 heavy (non-hydrogen) atoms. The van der Waals surface area contributed by atoms with Crippen LogP contribution in [0, 0.1) is 0 Å². The maximum atomic E-state index is 11.7. The van der Waals surface area contributed by atoms with Gasteiger partial charge < -0.3 is 19.7 Å². The number of hydrogen-bond donors (Lipinski definition) is 1. The van der Waals surface area contributed by atoms with Gasteiger partial charge in [-0.2, -0.15) is 0 Å². The summed E-state index contributed by atoms with van der Waals surface area (Å²) < 4.78 is 10.2. The Balaban J connectivity index is 1.92. The van der Waals surface area contributed by atoms with Gasteiger partial charge in [-0.25, -0.2) is 0 Å². The van der Waals surface area contributed by atoms with Gasteiger partial charge in [-0.3, -0.25) is 9.59 Å². The third kappa shape index (κ3) is 3.71. The van der Waals surface area contributed by atoms with Crippen molar-refractivity contribution in [3.05, 3.63) is 24.3 Å². The van der Waals surface area contributed by atoms with E-state index >= 15 is 0 Å². The van der Waals surface area contributed by atoms with E-state index in [4.69, 9.17) is 9.47 Å². The molecule has 6 nitrogen and oxygen atoms in total. The molecule has 0 unspecified atom stereocenters. The minimum Gasteiger partial charge on any atom is -0.462 e. The zero-order valence-corrected chi connectivity index (χ0v) is 11.4. The van der Waals surface area contributed by atoms with Crippen molar-refractivity contribution in [1.29, 1.82) is 0 Å². The summed E-state index contributed by atoms with van der Waals surface area (Å²) in [5.41, 5.74) is 1.54. The molecule has 0 radical (unpaired) electrons. The predicted molar refractivity (Wildman–Crippen MR) is 74.7 cm³/mol. The summed E-state index contributed by atoms with van der Waals surface area (Å²) in [5.74, 6) is -0.500. The fourth-order valence-corrected chi connectivity index (χ4v) is 2.00. The Labute approximate surface area is 117 Å². The molecule has 0 saturated heterocycles. The third-order valence-electron chi connectivity index (χ3n) is 2.87. The molecule has 1 N–H and O–H groups in total. The van der Waals surface area contributed by atoms with Crippen LogP contribution in [0.3, 0.4) is 0 Å². The van der Waals surface area contributed by atoms with Crippen molar-refractivity contribution in [2.45, 2.75) is 6.92 Å². The number of benzene rings is 1. The van der Waals surface area contributed by atoms with Crippen molar-refractivity contribution in [3.8, 4) is 0 Å². The second kappa shape index (κ2) is 6.91. The molecule has 1 aliphatic heterocycles. The van der Waals surface area contributed by atoms with Gasteiger partial charge in [0.15, 0.2) is 0 Å². The van der Waals surface area contributed by atoms with Gasteiger partial charge in [0.1, 0.15) is 13.2 Å². The van der Waals surface area contributed by atoms with Crippen LogP contribution in [0.4, 0.5) is 11.4 Å². The van der Waals surface area contributed by atoms with Crippen molar-refractivity contribution < 1.29 is 19.1 Å². The maximum absolute atomic E-state index is 11.7. The van der Waals surface area contributed by atoms with E-state index < -0.39 is 0 Å². The number of ether oxygens (including phenoxy) is 2. The summed E-state index contributed by atoms with van der Waals surface area (Å²) >= 11 is 0.